The molecule has 2 N–H and O–H groups in total. The number of nitrogens with zero attached hydrogens (tertiary/aromatic N) is 2. The van der Waals surface area contributed by atoms with Crippen LogP contribution in [-0.4, -0.2) is 41.7 Å². The third-order valence-electron chi connectivity index (χ3n) is 3.85. The van der Waals surface area contributed by atoms with Gasteiger partial charge in [-0.3, -0.25) is 9.59 Å². The summed E-state index contributed by atoms with van der Waals surface area (Å²) < 4.78 is 10.4. The van der Waals surface area contributed by atoms with Crippen molar-refractivity contribution in [3.05, 3.63) is 65.0 Å². The number of rotatable bonds is 8. The van der Waals surface area contributed by atoms with Crippen LogP contribution < -0.4 is 15.4 Å². The van der Waals surface area contributed by atoms with Gasteiger partial charge in [0, 0.05) is 23.7 Å². The molecule has 29 heavy (non-hydrogen) atoms. The van der Waals surface area contributed by atoms with Crippen LogP contribution in [0.3, 0.4) is 0 Å². The molecule has 3 rings (SSSR count). The fourth-order valence-corrected chi connectivity index (χ4v) is 2.62. The maximum Gasteiger partial charge on any atom is 0.316 e. The molecule has 0 radical (unpaired) electrons. The van der Waals surface area contributed by atoms with E-state index < -0.39 is 5.91 Å². The Kier molecular flexibility index (Phi) is 6.80. The fraction of sp³-hybridized carbons (Fsp3) is 0.200. The number of carbonyl (C=O) groups is 2. The van der Waals surface area contributed by atoms with E-state index in [-0.39, 0.29) is 30.7 Å². The monoisotopic (exact) mass is 414 g/mol. The quantitative estimate of drug-likeness (QED) is 0.549. The Hall–Kier alpha value is -3.39. The Morgan fingerprint density at radius 3 is 2.45 bits per heavy atom. The molecule has 0 aliphatic carbocycles. The van der Waals surface area contributed by atoms with Crippen molar-refractivity contribution in [3.8, 4) is 17.1 Å². The molecule has 0 unspecified atom stereocenters. The van der Waals surface area contributed by atoms with Crippen molar-refractivity contribution < 1.29 is 18.8 Å². The van der Waals surface area contributed by atoms with E-state index >= 15 is 0 Å². The highest BCUT2D eigenvalue weighted by Crippen LogP contribution is 2.19. The number of aromatic nitrogens is 2. The Labute approximate surface area is 172 Å². The van der Waals surface area contributed by atoms with Crippen LogP contribution in [0.25, 0.3) is 11.4 Å². The predicted molar refractivity (Wildman–Crippen MR) is 107 cm³/mol. The first-order valence-electron chi connectivity index (χ1n) is 8.96. The largest absolute Gasteiger partial charge is 0.493 e. The van der Waals surface area contributed by atoms with Gasteiger partial charge < -0.3 is 19.9 Å². The second-order valence-corrected chi connectivity index (χ2v) is 6.31. The third-order valence-corrected chi connectivity index (χ3v) is 4.10. The molecule has 0 atom stereocenters. The van der Waals surface area contributed by atoms with E-state index in [1.807, 2.05) is 6.92 Å². The van der Waals surface area contributed by atoms with Crippen LogP contribution in [-0.2, 0) is 0 Å². The van der Waals surface area contributed by atoms with Crippen molar-refractivity contribution >= 4 is 23.4 Å². The van der Waals surface area contributed by atoms with Gasteiger partial charge in [0.05, 0.1) is 12.2 Å². The first kappa shape index (κ1) is 20.3. The number of hydrogen-bond donors (Lipinski definition) is 2. The van der Waals surface area contributed by atoms with Crippen molar-refractivity contribution in [3.63, 3.8) is 0 Å². The molecule has 150 valence electrons. The molecule has 0 bridgehead atoms. The number of carbonyl (C=O) groups excluding carboxylic acids is 2. The van der Waals surface area contributed by atoms with Gasteiger partial charge in [-0.25, -0.2) is 0 Å². The first-order chi connectivity index (χ1) is 14.1. The maximum atomic E-state index is 12.3. The fourth-order valence-electron chi connectivity index (χ4n) is 2.49. The number of ether oxygens (including phenoxy) is 1. The van der Waals surface area contributed by atoms with E-state index in [2.05, 4.69) is 20.8 Å². The van der Waals surface area contributed by atoms with Crippen LogP contribution in [0, 0.1) is 0 Å². The average molecular weight is 415 g/mol. The van der Waals surface area contributed by atoms with Gasteiger partial charge in [-0.15, -0.1) is 0 Å². The molecule has 0 fully saturated rings. The van der Waals surface area contributed by atoms with E-state index in [4.69, 9.17) is 20.9 Å². The number of amides is 2. The number of benzene rings is 2. The van der Waals surface area contributed by atoms with Crippen molar-refractivity contribution in [2.75, 3.05) is 19.7 Å². The molecule has 1 aromatic heterocycles. The first-order valence-corrected chi connectivity index (χ1v) is 9.34. The van der Waals surface area contributed by atoms with Crippen LogP contribution in [0.4, 0.5) is 0 Å². The van der Waals surface area contributed by atoms with E-state index in [0.717, 1.165) is 0 Å². The summed E-state index contributed by atoms with van der Waals surface area (Å²) in [5.74, 6) is -0.180. The lowest BCUT2D eigenvalue weighted by molar-refractivity contribution is 0.0897. The van der Waals surface area contributed by atoms with Gasteiger partial charge >= 0.3 is 11.8 Å². The normalized spacial score (nSPS) is 10.4. The summed E-state index contributed by atoms with van der Waals surface area (Å²) >= 11 is 5.85. The predicted octanol–water partition coefficient (Wildman–Crippen LogP) is 2.95. The molecule has 1 heterocycles. The van der Waals surface area contributed by atoms with Crippen LogP contribution in [0.5, 0.6) is 5.75 Å². The van der Waals surface area contributed by atoms with Crippen molar-refractivity contribution in [2.24, 2.45) is 0 Å². The summed E-state index contributed by atoms with van der Waals surface area (Å²) in [7, 11) is 0. The highest BCUT2D eigenvalue weighted by molar-refractivity contribution is 6.30. The molecule has 0 aliphatic rings. The van der Waals surface area contributed by atoms with Crippen molar-refractivity contribution in [1.82, 2.24) is 20.8 Å². The molecule has 8 nitrogen and oxygen atoms in total. The highest BCUT2D eigenvalue weighted by atomic mass is 35.5. The lowest BCUT2D eigenvalue weighted by atomic mass is 10.2. The van der Waals surface area contributed by atoms with Gasteiger partial charge in [-0.1, -0.05) is 28.9 Å². The van der Waals surface area contributed by atoms with Crippen molar-refractivity contribution in [1.29, 1.82) is 0 Å². The lowest BCUT2D eigenvalue weighted by Crippen LogP contribution is -2.35. The molecular weight excluding hydrogens is 396 g/mol. The Morgan fingerprint density at radius 1 is 1.03 bits per heavy atom. The number of para-hydroxylation sites is 1. The summed E-state index contributed by atoms with van der Waals surface area (Å²) in [5.41, 5.74) is 1.11. The smallest absolute Gasteiger partial charge is 0.316 e. The van der Waals surface area contributed by atoms with Crippen LogP contribution in [0.15, 0.2) is 53.1 Å². The zero-order valence-corrected chi connectivity index (χ0v) is 16.4. The minimum atomic E-state index is -0.526. The van der Waals surface area contributed by atoms with Crippen LogP contribution >= 0.6 is 11.6 Å². The summed E-state index contributed by atoms with van der Waals surface area (Å²) in [6.45, 7) is 2.73. The maximum absolute atomic E-state index is 12.3. The zero-order valence-electron chi connectivity index (χ0n) is 15.6. The molecule has 2 amide bonds. The standard InChI is InChI=1S/C20H19ClN4O4/c1-2-28-16-6-4-3-5-15(16)18(26)22-11-12-23-19(27)20-24-17(25-29-20)13-7-9-14(21)10-8-13/h3-10H,2,11-12H2,1H3,(H,22,26)(H,23,27). The summed E-state index contributed by atoms with van der Waals surface area (Å²) in [6.07, 6.45) is 0. The molecule has 0 saturated carbocycles. The Balaban J connectivity index is 1.49. The van der Waals surface area contributed by atoms with Gasteiger partial charge in [0.25, 0.3) is 5.91 Å². The second kappa shape index (κ2) is 9.70. The van der Waals surface area contributed by atoms with Gasteiger partial charge in [0.15, 0.2) is 0 Å². The number of halogens is 1. The molecule has 0 saturated heterocycles. The lowest BCUT2D eigenvalue weighted by Gasteiger charge is -2.10. The Bertz CT molecular complexity index is 988. The molecule has 9 heteroatoms. The molecule has 0 aliphatic heterocycles. The summed E-state index contributed by atoms with van der Waals surface area (Å²) in [6, 6.07) is 13.8. The van der Waals surface area contributed by atoms with Crippen LogP contribution in [0.2, 0.25) is 5.02 Å². The number of hydrogen-bond acceptors (Lipinski definition) is 6. The molecule has 2 aromatic carbocycles. The highest BCUT2D eigenvalue weighted by Gasteiger charge is 2.16. The molecule has 0 spiro atoms. The van der Waals surface area contributed by atoms with Gasteiger partial charge in [0.2, 0.25) is 5.82 Å². The van der Waals surface area contributed by atoms with E-state index in [9.17, 15) is 9.59 Å². The molecule has 3 aromatic rings. The van der Waals surface area contributed by atoms with E-state index in [1.165, 1.54) is 0 Å². The topological polar surface area (TPSA) is 106 Å². The van der Waals surface area contributed by atoms with Crippen LogP contribution in [0.1, 0.15) is 28.0 Å². The van der Waals surface area contributed by atoms with Gasteiger partial charge in [-0.2, -0.15) is 4.98 Å². The average Bonchev–Trinajstić information content (AvgIpc) is 3.22. The Morgan fingerprint density at radius 2 is 1.72 bits per heavy atom. The summed E-state index contributed by atoms with van der Waals surface area (Å²) in [5, 5.41) is 9.72. The van der Waals surface area contributed by atoms with E-state index in [1.54, 1.807) is 48.5 Å². The second-order valence-electron chi connectivity index (χ2n) is 5.87. The minimum absolute atomic E-state index is 0.164. The molecular formula is C20H19ClN4O4. The minimum Gasteiger partial charge on any atom is -0.493 e. The third kappa shape index (κ3) is 5.32. The van der Waals surface area contributed by atoms with Gasteiger partial charge in [-0.05, 0) is 43.3 Å². The van der Waals surface area contributed by atoms with Crippen molar-refractivity contribution in [2.45, 2.75) is 6.92 Å². The van der Waals surface area contributed by atoms with E-state index in [0.29, 0.717) is 28.5 Å². The number of nitrogens with one attached hydrogen (secondary N) is 2. The summed E-state index contributed by atoms with van der Waals surface area (Å²) in [4.78, 5) is 28.5. The zero-order chi connectivity index (χ0) is 20.6. The SMILES string of the molecule is CCOc1ccccc1C(=O)NCCNC(=O)c1nc(-c2ccc(Cl)cc2)no1. The van der Waals surface area contributed by atoms with Gasteiger partial charge in [0.1, 0.15) is 5.75 Å².